The van der Waals surface area contributed by atoms with E-state index < -0.39 is 0 Å². The Morgan fingerprint density at radius 1 is 0.718 bits per heavy atom. The first-order chi connectivity index (χ1) is 19.3. The number of aromatic amines is 1. The molecule has 1 N–H and O–H groups in total. The summed E-state index contributed by atoms with van der Waals surface area (Å²) in [5.74, 6) is 1.71. The number of tetrazole rings is 1. The van der Waals surface area contributed by atoms with Crippen LogP contribution in [0.1, 0.15) is 23.7 Å². The first kappa shape index (κ1) is 24.2. The summed E-state index contributed by atoms with van der Waals surface area (Å²) in [6.07, 6.45) is 0.784. The molecular formula is C31H26N6O2. The van der Waals surface area contributed by atoms with E-state index in [0.29, 0.717) is 36.2 Å². The molecule has 3 heterocycles. The third-order valence-electron chi connectivity index (χ3n) is 6.38. The van der Waals surface area contributed by atoms with Gasteiger partial charge in [-0.2, -0.15) is 5.21 Å². The monoisotopic (exact) mass is 514 g/mol. The normalized spacial score (nSPS) is 11.0. The van der Waals surface area contributed by atoms with Crippen LogP contribution in [-0.2, 0) is 19.6 Å². The lowest BCUT2D eigenvalue weighted by molar-refractivity contribution is 0.292. The van der Waals surface area contributed by atoms with Gasteiger partial charge in [0.2, 0.25) is 11.7 Å². The van der Waals surface area contributed by atoms with Crippen LogP contribution in [-0.4, -0.2) is 30.6 Å². The second-order valence-electron chi connectivity index (χ2n) is 9.03. The molecule has 0 radical (unpaired) electrons. The Hall–Kier alpha value is -5.11. The molecule has 8 heteroatoms. The van der Waals surface area contributed by atoms with Crippen LogP contribution in [0.2, 0.25) is 0 Å². The first-order valence-corrected chi connectivity index (χ1v) is 12.8. The number of fused-ring (bicyclic) bond motifs is 1. The minimum absolute atomic E-state index is 0.332. The summed E-state index contributed by atoms with van der Waals surface area (Å²) in [5, 5.41) is 14.8. The average Bonchev–Trinajstić information content (AvgIpc) is 3.55. The summed E-state index contributed by atoms with van der Waals surface area (Å²) in [6.45, 7) is 2.84. The number of pyridine rings is 2. The molecule has 0 fully saturated rings. The van der Waals surface area contributed by atoms with Crippen molar-refractivity contribution in [2.45, 2.75) is 26.6 Å². The summed E-state index contributed by atoms with van der Waals surface area (Å²) < 4.78 is 12.3. The van der Waals surface area contributed by atoms with E-state index in [-0.39, 0.29) is 0 Å². The van der Waals surface area contributed by atoms with E-state index in [4.69, 9.17) is 19.4 Å². The number of rotatable bonds is 9. The van der Waals surface area contributed by atoms with Crippen LogP contribution < -0.4 is 9.47 Å². The number of ether oxygens (including phenoxy) is 2. The van der Waals surface area contributed by atoms with Crippen LogP contribution in [0.5, 0.6) is 11.6 Å². The summed E-state index contributed by atoms with van der Waals surface area (Å²) in [4.78, 5) is 9.48. The highest BCUT2D eigenvalue weighted by Gasteiger charge is 2.14. The second kappa shape index (κ2) is 11.1. The Kier molecular flexibility index (Phi) is 6.90. The highest BCUT2D eigenvalue weighted by Crippen LogP contribution is 2.32. The number of nitrogens with zero attached hydrogens (tertiary/aromatic N) is 5. The third kappa shape index (κ3) is 5.45. The number of aryl methyl sites for hydroxylation is 1. The highest BCUT2D eigenvalue weighted by atomic mass is 16.5. The van der Waals surface area contributed by atoms with Gasteiger partial charge in [-0.3, -0.25) is 4.98 Å². The fourth-order valence-corrected chi connectivity index (χ4v) is 4.39. The van der Waals surface area contributed by atoms with Crippen molar-refractivity contribution >= 4 is 11.0 Å². The van der Waals surface area contributed by atoms with E-state index in [9.17, 15) is 0 Å². The quantitative estimate of drug-likeness (QED) is 0.245. The Morgan fingerprint density at radius 3 is 2.28 bits per heavy atom. The molecule has 0 atom stereocenters. The smallest absolute Gasteiger partial charge is 0.214 e. The molecule has 0 amide bonds. The van der Waals surface area contributed by atoms with Gasteiger partial charge in [0.25, 0.3) is 0 Å². The molecule has 0 unspecified atom stereocenters. The van der Waals surface area contributed by atoms with Crippen molar-refractivity contribution in [2.75, 3.05) is 0 Å². The van der Waals surface area contributed by atoms with Gasteiger partial charge in [-0.25, -0.2) is 4.98 Å². The van der Waals surface area contributed by atoms with Crippen molar-refractivity contribution in [3.8, 4) is 34.1 Å². The van der Waals surface area contributed by atoms with Crippen molar-refractivity contribution in [1.82, 2.24) is 30.6 Å². The van der Waals surface area contributed by atoms with Crippen LogP contribution in [0.3, 0.4) is 0 Å². The third-order valence-corrected chi connectivity index (χ3v) is 6.38. The molecule has 0 aliphatic carbocycles. The molecule has 0 spiro atoms. The molecule has 8 nitrogen and oxygen atoms in total. The summed E-state index contributed by atoms with van der Waals surface area (Å²) in [5.41, 5.74) is 7.37. The molecule has 0 saturated carbocycles. The van der Waals surface area contributed by atoms with E-state index in [1.165, 1.54) is 0 Å². The molecule has 0 bridgehead atoms. The van der Waals surface area contributed by atoms with Gasteiger partial charge in [0, 0.05) is 23.4 Å². The van der Waals surface area contributed by atoms with Crippen LogP contribution in [0.25, 0.3) is 33.5 Å². The first-order valence-electron chi connectivity index (χ1n) is 12.8. The standard InChI is InChI=1S/C31H26N6O2/c1-2-24-18-28(30-27(32-24)15-16-29(33-30)39-19-21-9-5-3-6-10-21)38-20-22-13-14-25(23-11-7-4-8-12-23)26(17-22)31-34-36-37-35-31/h3-18H,2,19-20H2,1H3,(H,34,35,36,37). The van der Waals surface area contributed by atoms with Gasteiger partial charge >= 0.3 is 0 Å². The predicted octanol–water partition coefficient (Wildman–Crippen LogP) is 6.20. The van der Waals surface area contributed by atoms with E-state index in [0.717, 1.165) is 45.4 Å². The van der Waals surface area contributed by atoms with Gasteiger partial charge in [-0.1, -0.05) is 79.7 Å². The number of H-pyrrole nitrogens is 1. The van der Waals surface area contributed by atoms with Gasteiger partial charge in [0.05, 0.1) is 5.52 Å². The summed E-state index contributed by atoms with van der Waals surface area (Å²) in [7, 11) is 0. The summed E-state index contributed by atoms with van der Waals surface area (Å²) >= 11 is 0. The SMILES string of the molecule is CCc1cc(OCc2ccc(-c3ccccc3)c(-c3nn[nH]n3)c2)c2nc(OCc3ccccc3)ccc2n1. The molecule has 6 rings (SSSR count). The zero-order valence-corrected chi connectivity index (χ0v) is 21.4. The van der Waals surface area contributed by atoms with E-state index in [2.05, 4.69) is 51.8 Å². The van der Waals surface area contributed by atoms with E-state index >= 15 is 0 Å². The number of aromatic nitrogens is 6. The Morgan fingerprint density at radius 2 is 1.51 bits per heavy atom. The topological polar surface area (TPSA) is 98.7 Å². The second-order valence-corrected chi connectivity index (χ2v) is 9.03. The maximum absolute atomic E-state index is 6.36. The zero-order chi connectivity index (χ0) is 26.4. The predicted molar refractivity (Wildman–Crippen MR) is 149 cm³/mol. The summed E-state index contributed by atoms with van der Waals surface area (Å²) in [6, 6.07) is 32.0. The van der Waals surface area contributed by atoms with Crippen LogP contribution in [0.4, 0.5) is 0 Å². The van der Waals surface area contributed by atoms with Crippen LogP contribution >= 0.6 is 0 Å². The van der Waals surface area contributed by atoms with E-state index in [1.54, 1.807) is 0 Å². The van der Waals surface area contributed by atoms with Crippen LogP contribution in [0.15, 0.2) is 97.1 Å². The number of hydrogen-bond acceptors (Lipinski definition) is 7. The van der Waals surface area contributed by atoms with Gasteiger partial charge in [0.15, 0.2) is 0 Å². The molecule has 39 heavy (non-hydrogen) atoms. The van der Waals surface area contributed by atoms with Gasteiger partial charge in [-0.15, -0.1) is 10.2 Å². The van der Waals surface area contributed by atoms with Crippen molar-refractivity contribution in [3.63, 3.8) is 0 Å². The number of hydrogen-bond donors (Lipinski definition) is 1. The minimum Gasteiger partial charge on any atom is -0.486 e. The largest absolute Gasteiger partial charge is 0.486 e. The van der Waals surface area contributed by atoms with Gasteiger partial charge < -0.3 is 9.47 Å². The van der Waals surface area contributed by atoms with E-state index in [1.807, 2.05) is 72.8 Å². The number of benzene rings is 3. The molecule has 0 aliphatic heterocycles. The maximum atomic E-state index is 6.36. The molecule has 3 aromatic carbocycles. The number of nitrogens with one attached hydrogen (secondary N) is 1. The maximum Gasteiger partial charge on any atom is 0.214 e. The van der Waals surface area contributed by atoms with Crippen molar-refractivity contribution in [2.24, 2.45) is 0 Å². The van der Waals surface area contributed by atoms with Crippen LogP contribution in [0, 0.1) is 0 Å². The molecule has 3 aromatic heterocycles. The Labute approximate surface area is 225 Å². The highest BCUT2D eigenvalue weighted by molar-refractivity contribution is 5.82. The molecule has 0 saturated heterocycles. The average molecular weight is 515 g/mol. The molecular weight excluding hydrogens is 488 g/mol. The lowest BCUT2D eigenvalue weighted by Gasteiger charge is -2.13. The molecule has 192 valence electrons. The zero-order valence-electron chi connectivity index (χ0n) is 21.4. The molecule has 6 aromatic rings. The Balaban J connectivity index is 1.29. The lowest BCUT2D eigenvalue weighted by atomic mass is 9.97. The van der Waals surface area contributed by atoms with Crippen molar-refractivity contribution in [3.05, 3.63) is 114 Å². The Bertz CT molecular complexity index is 1690. The van der Waals surface area contributed by atoms with Gasteiger partial charge in [0.1, 0.15) is 24.5 Å². The fraction of sp³-hybridized carbons (Fsp3) is 0.129. The van der Waals surface area contributed by atoms with Crippen molar-refractivity contribution in [1.29, 1.82) is 0 Å². The van der Waals surface area contributed by atoms with Gasteiger partial charge in [-0.05, 0) is 46.0 Å². The lowest BCUT2D eigenvalue weighted by Crippen LogP contribution is -2.02. The molecule has 0 aliphatic rings. The van der Waals surface area contributed by atoms with Crippen molar-refractivity contribution < 1.29 is 9.47 Å². The fourth-order valence-electron chi connectivity index (χ4n) is 4.39. The minimum atomic E-state index is 0.332.